The van der Waals surface area contributed by atoms with Gasteiger partial charge in [0.25, 0.3) is 0 Å². The molecule has 0 radical (unpaired) electrons. The fourth-order valence-electron chi connectivity index (χ4n) is 13.3. The van der Waals surface area contributed by atoms with Gasteiger partial charge in [0.2, 0.25) is 0 Å². The highest BCUT2D eigenvalue weighted by Gasteiger charge is 2.34. The SMILES string of the molecule is CCCCCCCCCCCCN(CCCCCCCCCCCC)CCSCCN1CC(Cc2ccc(OC)cc2)N(CCSCCN(CCCCCCCCCCCC)CC(C)CCCCCCCCCC)CC1Cc1ccc(OC)cc1. The predicted octanol–water partition coefficient (Wildman–Crippen LogP) is 21.8. The summed E-state index contributed by atoms with van der Waals surface area (Å²) >= 11 is 4.45. The van der Waals surface area contributed by atoms with Crippen molar-refractivity contribution >= 4 is 23.5 Å². The number of ether oxygens (including phenoxy) is 2. The van der Waals surface area contributed by atoms with Gasteiger partial charge in [0.05, 0.1) is 14.2 Å². The van der Waals surface area contributed by atoms with E-state index in [-0.39, 0.29) is 0 Å². The number of thioether (sulfide) groups is 2. The smallest absolute Gasteiger partial charge is 0.118 e. The number of rotatable bonds is 62. The summed E-state index contributed by atoms with van der Waals surface area (Å²) in [6.07, 6.45) is 57.4. The van der Waals surface area contributed by atoms with Gasteiger partial charge in [-0.25, -0.2) is 0 Å². The molecule has 3 rings (SSSR count). The molecule has 0 saturated carbocycles. The number of unbranched alkanes of at least 4 members (excludes halogenated alkanes) is 34. The largest absolute Gasteiger partial charge is 0.497 e. The molecule has 3 atom stereocenters. The van der Waals surface area contributed by atoms with Crippen LogP contribution in [0, 0.1) is 5.92 Å². The highest BCUT2D eigenvalue weighted by molar-refractivity contribution is 7.99. The van der Waals surface area contributed by atoms with Gasteiger partial charge in [0.15, 0.2) is 0 Å². The van der Waals surface area contributed by atoms with Gasteiger partial charge in [-0.1, -0.05) is 284 Å². The summed E-state index contributed by atoms with van der Waals surface area (Å²) in [6, 6.07) is 19.0. The van der Waals surface area contributed by atoms with Crippen LogP contribution in [0.2, 0.25) is 0 Å². The minimum absolute atomic E-state index is 0.494. The number of nitrogens with zero attached hydrogens (tertiary/aromatic N) is 4. The van der Waals surface area contributed by atoms with Crippen LogP contribution >= 0.6 is 23.5 Å². The Morgan fingerprint density at radius 2 is 0.671 bits per heavy atom. The average Bonchev–Trinajstić information content (AvgIpc) is 3.46. The van der Waals surface area contributed by atoms with E-state index >= 15 is 0 Å². The van der Waals surface area contributed by atoms with Crippen LogP contribution in [-0.2, 0) is 12.8 Å². The van der Waals surface area contributed by atoms with Crippen LogP contribution in [0.1, 0.15) is 296 Å². The van der Waals surface area contributed by atoms with Crippen molar-refractivity contribution in [2.75, 3.05) is 103 Å². The van der Waals surface area contributed by atoms with Gasteiger partial charge in [0.1, 0.15) is 11.5 Å². The molecule has 8 heteroatoms. The van der Waals surface area contributed by atoms with E-state index < -0.39 is 0 Å². The van der Waals surface area contributed by atoms with Gasteiger partial charge in [-0.3, -0.25) is 9.80 Å². The second-order valence-electron chi connectivity index (χ2n) is 26.7. The Kier molecular flexibility index (Phi) is 51.8. The molecule has 85 heavy (non-hydrogen) atoms. The predicted molar refractivity (Wildman–Crippen MR) is 384 cm³/mol. The van der Waals surface area contributed by atoms with Crippen LogP contribution in [0.25, 0.3) is 0 Å². The van der Waals surface area contributed by atoms with E-state index in [4.69, 9.17) is 9.47 Å². The summed E-state index contributed by atoms with van der Waals surface area (Å²) < 4.78 is 11.3. The number of benzene rings is 2. The average molecular weight is 1220 g/mol. The normalized spacial score (nSPS) is 15.4. The van der Waals surface area contributed by atoms with Gasteiger partial charge in [-0.15, -0.1) is 0 Å². The van der Waals surface area contributed by atoms with E-state index in [1.165, 1.54) is 324 Å². The summed E-state index contributed by atoms with van der Waals surface area (Å²) in [4.78, 5) is 11.6. The molecule has 1 aliphatic heterocycles. The zero-order chi connectivity index (χ0) is 60.7. The Morgan fingerprint density at radius 1 is 0.376 bits per heavy atom. The molecular formula is C77H142N4O2S2. The van der Waals surface area contributed by atoms with E-state index in [2.05, 4.69) is 126 Å². The van der Waals surface area contributed by atoms with Crippen LogP contribution < -0.4 is 9.47 Å². The molecule has 1 heterocycles. The Hall–Kier alpha value is -1.42. The zero-order valence-corrected chi connectivity index (χ0v) is 59.3. The summed E-state index contributed by atoms with van der Waals surface area (Å²) in [7, 11) is 3.58. The Labute approximate surface area is 539 Å². The maximum absolute atomic E-state index is 5.63. The Balaban J connectivity index is 1.64. The molecule has 2 aromatic rings. The number of hydrogen-bond donors (Lipinski definition) is 0. The quantitative estimate of drug-likeness (QED) is 0.0606. The first-order valence-electron chi connectivity index (χ1n) is 37.3. The van der Waals surface area contributed by atoms with Crippen LogP contribution in [0.15, 0.2) is 48.5 Å². The molecular weight excluding hydrogens is 1080 g/mol. The van der Waals surface area contributed by atoms with Crippen molar-refractivity contribution in [1.29, 1.82) is 0 Å². The van der Waals surface area contributed by atoms with Crippen molar-refractivity contribution in [3.63, 3.8) is 0 Å². The third-order valence-electron chi connectivity index (χ3n) is 18.9. The molecule has 1 saturated heterocycles. The van der Waals surface area contributed by atoms with Gasteiger partial charge in [0, 0.05) is 80.9 Å². The van der Waals surface area contributed by atoms with Crippen LogP contribution in [0.5, 0.6) is 11.5 Å². The van der Waals surface area contributed by atoms with Crippen LogP contribution in [-0.4, -0.2) is 134 Å². The first-order valence-corrected chi connectivity index (χ1v) is 39.6. The van der Waals surface area contributed by atoms with E-state index in [0.717, 1.165) is 56.4 Å². The van der Waals surface area contributed by atoms with Gasteiger partial charge < -0.3 is 19.3 Å². The van der Waals surface area contributed by atoms with Gasteiger partial charge in [-0.05, 0) is 99.5 Å². The van der Waals surface area contributed by atoms with Gasteiger partial charge in [-0.2, -0.15) is 23.5 Å². The van der Waals surface area contributed by atoms with Crippen LogP contribution in [0.4, 0.5) is 0 Å². The summed E-state index contributed by atoms with van der Waals surface area (Å²) in [5.74, 6) is 7.61. The molecule has 0 aliphatic carbocycles. The molecule has 0 N–H and O–H groups in total. The minimum atomic E-state index is 0.494. The molecule has 1 fully saturated rings. The van der Waals surface area contributed by atoms with E-state index in [1.807, 2.05) is 0 Å². The molecule has 3 unspecified atom stereocenters. The fraction of sp³-hybridized carbons (Fsp3) is 0.844. The maximum Gasteiger partial charge on any atom is 0.118 e. The third-order valence-corrected chi connectivity index (χ3v) is 20.8. The second-order valence-corrected chi connectivity index (χ2v) is 29.1. The Morgan fingerprint density at radius 3 is 1.00 bits per heavy atom. The lowest BCUT2D eigenvalue weighted by Gasteiger charge is -2.47. The molecule has 0 amide bonds. The lowest BCUT2D eigenvalue weighted by molar-refractivity contribution is 0.0360. The van der Waals surface area contributed by atoms with E-state index in [0.29, 0.717) is 12.1 Å². The standard InChI is InChI=1S/C77H142N4O2S2/c1-8-12-16-20-24-28-31-35-39-43-55-78(56-44-40-36-32-29-25-21-17-13-9-2)58-62-84-64-60-80-69-75(67-73-49-53-77(83-7)54-50-73)81(70-74(80)66-72-47-51-76(82-6)52-48-72)61-65-85-63-59-79(57-45-41-37-33-30-26-22-18-14-10-3)68-71(5)46-42-38-34-27-23-19-15-11-4/h47-54,71,74-75H,8-46,55-70H2,1-7H3. The van der Waals surface area contributed by atoms with E-state index in [1.54, 1.807) is 14.2 Å². The lowest BCUT2D eigenvalue weighted by Crippen LogP contribution is -2.60. The highest BCUT2D eigenvalue weighted by Crippen LogP contribution is 2.26. The van der Waals surface area contributed by atoms with Crippen molar-refractivity contribution in [2.45, 2.75) is 310 Å². The molecule has 0 bridgehead atoms. The minimum Gasteiger partial charge on any atom is -0.497 e. The Bertz CT molecular complexity index is 1680. The maximum atomic E-state index is 5.63. The van der Waals surface area contributed by atoms with Crippen molar-refractivity contribution in [3.05, 3.63) is 59.7 Å². The van der Waals surface area contributed by atoms with Crippen LogP contribution in [0.3, 0.4) is 0 Å². The van der Waals surface area contributed by atoms with Crippen molar-refractivity contribution in [2.24, 2.45) is 5.92 Å². The summed E-state index contributed by atoms with van der Waals surface area (Å²) in [5.41, 5.74) is 2.86. The highest BCUT2D eigenvalue weighted by atomic mass is 32.2. The molecule has 0 spiro atoms. The zero-order valence-electron chi connectivity index (χ0n) is 57.7. The molecule has 2 aromatic carbocycles. The number of piperazine rings is 1. The van der Waals surface area contributed by atoms with Gasteiger partial charge >= 0.3 is 0 Å². The monoisotopic (exact) mass is 1220 g/mol. The number of methoxy groups -OCH3 is 2. The molecule has 1 aliphatic rings. The molecule has 0 aromatic heterocycles. The van der Waals surface area contributed by atoms with Crippen molar-refractivity contribution in [1.82, 2.24) is 19.6 Å². The van der Waals surface area contributed by atoms with E-state index in [9.17, 15) is 0 Å². The topological polar surface area (TPSA) is 31.4 Å². The first-order chi connectivity index (χ1) is 41.9. The fourth-order valence-corrected chi connectivity index (χ4v) is 15.2. The van der Waals surface area contributed by atoms with Crippen molar-refractivity contribution in [3.8, 4) is 11.5 Å². The lowest BCUT2D eigenvalue weighted by atomic mass is 9.96. The second kappa shape index (κ2) is 56.6. The first kappa shape index (κ1) is 77.8. The number of hydrogen-bond acceptors (Lipinski definition) is 8. The molecule has 6 nitrogen and oxygen atoms in total. The van der Waals surface area contributed by atoms with Crippen molar-refractivity contribution < 1.29 is 9.47 Å². The molecule has 494 valence electrons. The summed E-state index contributed by atoms with van der Waals surface area (Å²) in [5, 5.41) is 0. The third kappa shape index (κ3) is 42.3. The summed E-state index contributed by atoms with van der Waals surface area (Å²) in [6.45, 7) is 24.1.